The predicted octanol–water partition coefficient (Wildman–Crippen LogP) is 2.69. The van der Waals surface area contributed by atoms with E-state index in [1.165, 1.54) is 12.3 Å². The maximum Gasteiger partial charge on any atom is 0.341 e. The minimum atomic E-state index is -1.29. The molecule has 1 atom stereocenters. The zero-order valence-electron chi connectivity index (χ0n) is 15.2. The number of aromatic carboxylic acids is 1. The fourth-order valence-corrected chi connectivity index (χ4v) is 4.31. The van der Waals surface area contributed by atoms with Crippen molar-refractivity contribution >= 4 is 22.6 Å². The molecule has 0 radical (unpaired) electrons. The molecule has 1 aliphatic heterocycles. The number of carboxylic acid groups (broad SMARTS) is 1. The maximum absolute atomic E-state index is 15.0. The Kier molecular flexibility index (Phi) is 4.42. The van der Waals surface area contributed by atoms with Crippen LogP contribution in [-0.4, -0.2) is 40.4 Å². The average molecular weight is 374 g/mol. The maximum atomic E-state index is 15.0. The standard InChI is InChI=1S/C20H23FN2O4/c1-11-17-14(19(25)15(20(26)27)10-23(17)13-2-3-13)8-16(21)18(11)22-6-4-12(9-22)5-7-24/h8,10,12-13,24H,2-7,9H2,1H3,(H,26,27). The Hall–Kier alpha value is -2.41. The number of hydrogen-bond donors (Lipinski definition) is 2. The number of aryl methyl sites for hydroxylation is 1. The minimum absolute atomic E-state index is 0.122. The van der Waals surface area contributed by atoms with Gasteiger partial charge in [0.05, 0.1) is 11.2 Å². The Balaban J connectivity index is 1.91. The number of pyridine rings is 1. The van der Waals surface area contributed by atoms with E-state index in [0.717, 1.165) is 19.3 Å². The fourth-order valence-electron chi connectivity index (χ4n) is 4.31. The first kappa shape index (κ1) is 18.0. The van der Waals surface area contributed by atoms with Gasteiger partial charge in [-0.25, -0.2) is 9.18 Å². The van der Waals surface area contributed by atoms with Gasteiger partial charge >= 0.3 is 5.97 Å². The fraction of sp³-hybridized carbons (Fsp3) is 0.500. The molecule has 4 rings (SSSR count). The number of aromatic nitrogens is 1. The first-order chi connectivity index (χ1) is 12.9. The lowest BCUT2D eigenvalue weighted by Crippen LogP contribution is -2.24. The minimum Gasteiger partial charge on any atom is -0.477 e. The van der Waals surface area contributed by atoms with E-state index in [2.05, 4.69) is 0 Å². The highest BCUT2D eigenvalue weighted by Gasteiger charge is 2.31. The number of fused-ring (bicyclic) bond motifs is 1. The monoisotopic (exact) mass is 374 g/mol. The van der Waals surface area contributed by atoms with Crippen molar-refractivity contribution in [1.82, 2.24) is 4.57 Å². The van der Waals surface area contributed by atoms with Crippen LogP contribution in [0.25, 0.3) is 10.9 Å². The van der Waals surface area contributed by atoms with E-state index in [-0.39, 0.29) is 23.6 Å². The lowest BCUT2D eigenvalue weighted by molar-refractivity contribution is 0.0695. The van der Waals surface area contributed by atoms with Crippen LogP contribution in [0, 0.1) is 18.7 Å². The topological polar surface area (TPSA) is 82.8 Å². The van der Waals surface area contributed by atoms with Gasteiger partial charge in [0, 0.05) is 37.3 Å². The molecule has 1 saturated carbocycles. The SMILES string of the molecule is Cc1c(N2CCC(CCO)C2)c(F)cc2c(=O)c(C(=O)O)cn(C3CC3)c12. The molecule has 27 heavy (non-hydrogen) atoms. The second kappa shape index (κ2) is 6.64. The second-order valence-corrected chi connectivity index (χ2v) is 7.66. The highest BCUT2D eigenvalue weighted by atomic mass is 19.1. The highest BCUT2D eigenvalue weighted by molar-refractivity contribution is 5.95. The summed E-state index contributed by atoms with van der Waals surface area (Å²) in [7, 11) is 0. The van der Waals surface area contributed by atoms with Crippen molar-refractivity contribution in [1.29, 1.82) is 0 Å². The molecule has 6 nitrogen and oxygen atoms in total. The van der Waals surface area contributed by atoms with Gasteiger partial charge < -0.3 is 19.7 Å². The Morgan fingerprint density at radius 3 is 2.70 bits per heavy atom. The van der Waals surface area contributed by atoms with Gasteiger partial charge in [0.25, 0.3) is 0 Å². The van der Waals surface area contributed by atoms with Crippen LogP contribution in [0.3, 0.4) is 0 Å². The van der Waals surface area contributed by atoms with Crippen LogP contribution >= 0.6 is 0 Å². The normalized spacial score (nSPS) is 19.8. The molecule has 7 heteroatoms. The summed E-state index contributed by atoms with van der Waals surface area (Å²) in [6.45, 7) is 3.30. The van der Waals surface area contributed by atoms with Gasteiger partial charge in [-0.05, 0) is 50.2 Å². The zero-order chi connectivity index (χ0) is 19.3. The summed E-state index contributed by atoms with van der Waals surface area (Å²) >= 11 is 0. The second-order valence-electron chi connectivity index (χ2n) is 7.66. The predicted molar refractivity (Wildman–Crippen MR) is 100 cm³/mol. The number of benzene rings is 1. The van der Waals surface area contributed by atoms with Gasteiger partial charge in [-0.2, -0.15) is 0 Å². The van der Waals surface area contributed by atoms with Crippen LogP contribution in [0.15, 0.2) is 17.1 Å². The van der Waals surface area contributed by atoms with Crippen LogP contribution in [0.4, 0.5) is 10.1 Å². The Morgan fingerprint density at radius 2 is 2.07 bits per heavy atom. The van der Waals surface area contributed by atoms with Gasteiger partial charge in [-0.3, -0.25) is 4.79 Å². The number of nitrogens with zero attached hydrogens (tertiary/aromatic N) is 2. The summed E-state index contributed by atoms with van der Waals surface area (Å²) in [6.07, 6.45) is 4.85. The van der Waals surface area contributed by atoms with Crippen LogP contribution in [0.5, 0.6) is 0 Å². The van der Waals surface area contributed by atoms with E-state index < -0.39 is 17.2 Å². The molecule has 144 valence electrons. The third kappa shape index (κ3) is 3.00. The van der Waals surface area contributed by atoms with Gasteiger partial charge in [0.15, 0.2) is 0 Å². The van der Waals surface area contributed by atoms with Crippen molar-refractivity contribution in [2.45, 2.75) is 38.6 Å². The smallest absolute Gasteiger partial charge is 0.341 e. The number of carbonyl (C=O) groups is 1. The van der Waals surface area contributed by atoms with Crippen LogP contribution < -0.4 is 10.3 Å². The molecule has 2 fully saturated rings. The van der Waals surface area contributed by atoms with Crippen molar-refractivity contribution in [3.8, 4) is 0 Å². The largest absolute Gasteiger partial charge is 0.477 e. The number of anilines is 1. The molecule has 0 bridgehead atoms. The molecule has 2 aromatic rings. The summed E-state index contributed by atoms with van der Waals surface area (Å²) < 4.78 is 16.9. The van der Waals surface area contributed by atoms with E-state index in [1.54, 1.807) is 6.92 Å². The van der Waals surface area contributed by atoms with E-state index >= 15 is 4.39 Å². The van der Waals surface area contributed by atoms with Gasteiger partial charge in [-0.1, -0.05) is 0 Å². The summed E-state index contributed by atoms with van der Waals surface area (Å²) in [4.78, 5) is 26.1. The van der Waals surface area contributed by atoms with Crippen LogP contribution in [0.1, 0.15) is 47.6 Å². The van der Waals surface area contributed by atoms with Gasteiger partial charge in [0.2, 0.25) is 5.43 Å². The average Bonchev–Trinajstić information content (AvgIpc) is 3.36. The number of aliphatic hydroxyl groups excluding tert-OH is 1. The Labute approximate surface area is 155 Å². The summed E-state index contributed by atoms with van der Waals surface area (Å²) in [5.41, 5.74) is 0.845. The number of aliphatic hydroxyl groups is 1. The number of carboxylic acids is 1. The number of rotatable bonds is 5. The van der Waals surface area contributed by atoms with Crippen molar-refractivity contribution in [3.63, 3.8) is 0 Å². The van der Waals surface area contributed by atoms with Gasteiger partial charge in [0.1, 0.15) is 11.4 Å². The summed E-state index contributed by atoms with van der Waals surface area (Å²) in [5.74, 6) is -1.46. The third-order valence-electron chi connectivity index (χ3n) is 5.79. The first-order valence-corrected chi connectivity index (χ1v) is 9.39. The zero-order valence-corrected chi connectivity index (χ0v) is 15.2. The Bertz CT molecular complexity index is 980. The lowest BCUT2D eigenvalue weighted by Gasteiger charge is -2.24. The van der Waals surface area contributed by atoms with Crippen LogP contribution in [0.2, 0.25) is 0 Å². The lowest BCUT2D eigenvalue weighted by atomic mass is 10.0. The summed E-state index contributed by atoms with van der Waals surface area (Å²) in [6, 6.07) is 1.36. The molecule has 1 aromatic carbocycles. The molecular formula is C20H23FN2O4. The first-order valence-electron chi connectivity index (χ1n) is 9.39. The molecule has 0 amide bonds. The van der Waals surface area contributed by atoms with Crippen molar-refractivity contribution in [2.24, 2.45) is 5.92 Å². The van der Waals surface area contributed by atoms with E-state index in [0.29, 0.717) is 42.2 Å². The van der Waals surface area contributed by atoms with Crippen molar-refractivity contribution in [3.05, 3.63) is 39.4 Å². The molecule has 2 aliphatic rings. The summed E-state index contributed by atoms with van der Waals surface area (Å²) in [5, 5.41) is 18.7. The molecule has 0 spiro atoms. The Morgan fingerprint density at radius 1 is 1.33 bits per heavy atom. The molecular weight excluding hydrogens is 351 g/mol. The van der Waals surface area contributed by atoms with Crippen LogP contribution in [-0.2, 0) is 0 Å². The van der Waals surface area contributed by atoms with Gasteiger partial charge in [-0.15, -0.1) is 0 Å². The molecule has 1 aliphatic carbocycles. The highest BCUT2D eigenvalue weighted by Crippen LogP contribution is 2.40. The molecule has 1 saturated heterocycles. The quantitative estimate of drug-likeness (QED) is 0.841. The van der Waals surface area contributed by atoms with E-state index in [9.17, 15) is 14.7 Å². The molecule has 1 unspecified atom stereocenters. The van der Waals surface area contributed by atoms with Crippen molar-refractivity contribution < 1.29 is 19.4 Å². The molecule has 1 aromatic heterocycles. The third-order valence-corrected chi connectivity index (χ3v) is 5.79. The van der Waals surface area contributed by atoms with Crippen molar-refractivity contribution in [2.75, 3.05) is 24.6 Å². The number of halogens is 1. The number of hydrogen-bond acceptors (Lipinski definition) is 4. The molecule has 2 heterocycles. The van der Waals surface area contributed by atoms with E-state index in [4.69, 9.17) is 5.11 Å². The van der Waals surface area contributed by atoms with E-state index in [1.807, 2.05) is 9.47 Å². The molecule has 2 N–H and O–H groups in total.